The molecular formula is C16H31N3S. The van der Waals surface area contributed by atoms with E-state index in [9.17, 15) is 0 Å². The van der Waals surface area contributed by atoms with Crippen LogP contribution in [0.1, 0.15) is 62.7 Å². The van der Waals surface area contributed by atoms with E-state index in [0.717, 1.165) is 6.54 Å². The highest BCUT2D eigenvalue weighted by Gasteiger charge is 2.22. The molecule has 2 atom stereocenters. The van der Waals surface area contributed by atoms with Gasteiger partial charge in [-0.3, -0.25) is 0 Å². The number of rotatable bonds is 6. The lowest BCUT2D eigenvalue weighted by molar-refractivity contribution is 0.355. The lowest BCUT2D eigenvalue weighted by Crippen LogP contribution is -2.31. The number of hydrogen-bond acceptors (Lipinski definition) is 4. The number of aryl methyl sites for hydroxylation is 1. The van der Waals surface area contributed by atoms with Crippen molar-refractivity contribution in [2.45, 2.75) is 65.5 Å². The van der Waals surface area contributed by atoms with Gasteiger partial charge in [0.2, 0.25) is 0 Å². The fourth-order valence-corrected chi connectivity index (χ4v) is 3.30. The molecule has 2 unspecified atom stereocenters. The molecular weight excluding hydrogens is 266 g/mol. The predicted molar refractivity (Wildman–Crippen MR) is 89.7 cm³/mol. The van der Waals surface area contributed by atoms with Crippen molar-refractivity contribution in [1.29, 1.82) is 0 Å². The number of hydrogen-bond donors (Lipinski definition) is 1. The fraction of sp³-hybridized carbons (Fsp3) is 0.812. The van der Waals surface area contributed by atoms with Gasteiger partial charge in [-0.2, -0.15) is 0 Å². The maximum atomic E-state index is 4.75. The summed E-state index contributed by atoms with van der Waals surface area (Å²) in [6.07, 6.45) is 1.17. The summed E-state index contributed by atoms with van der Waals surface area (Å²) >= 11 is 1.86. The van der Waals surface area contributed by atoms with E-state index in [1.54, 1.807) is 0 Å². The standard InChI is InChI=1S/C16H31N3S/c1-11(9-10-19(7)8)17-12(2)14-13(3)18-15(20-14)16(4,5)6/h11-12,17H,9-10H2,1-8H3. The van der Waals surface area contributed by atoms with Crippen LogP contribution in [0, 0.1) is 6.92 Å². The maximum absolute atomic E-state index is 4.75. The van der Waals surface area contributed by atoms with E-state index < -0.39 is 0 Å². The first kappa shape index (κ1) is 17.6. The SMILES string of the molecule is Cc1nc(C(C)(C)C)sc1C(C)NC(C)CCN(C)C. The van der Waals surface area contributed by atoms with Crippen molar-refractivity contribution in [3.05, 3.63) is 15.6 Å². The van der Waals surface area contributed by atoms with E-state index in [1.807, 2.05) is 11.3 Å². The van der Waals surface area contributed by atoms with Crippen LogP contribution >= 0.6 is 11.3 Å². The van der Waals surface area contributed by atoms with Crippen molar-refractivity contribution in [3.63, 3.8) is 0 Å². The summed E-state index contributed by atoms with van der Waals surface area (Å²) < 4.78 is 0. The Kier molecular flexibility index (Phi) is 6.17. The van der Waals surface area contributed by atoms with Gasteiger partial charge in [-0.05, 0) is 47.8 Å². The maximum Gasteiger partial charge on any atom is 0.0985 e. The smallest absolute Gasteiger partial charge is 0.0985 e. The van der Waals surface area contributed by atoms with Gasteiger partial charge in [-0.25, -0.2) is 4.98 Å². The Labute approximate surface area is 128 Å². The van der Waals surface area contributed by atoms with E-state index >= 15 is 0 Å². The summed E-state index contributed by atoms with van der Waals surface area (Å²) in [6, 6.07) is 0.896. The van der Waals surface area contributed by atoms with Gasteiger partial charge in [0.05, 0.1) is 10.7 Å². The second kappa shape index (κ2) is 7.01. The summed E-state index contributed by atoms with van der Waals surface area (Å²) in [7, 11) is 4.25. The first-order valence-electron chi connectivity index (χ1n) is 7.50. The minimum atomic E-state index is 0.143. The Bertz CT molecular complexity index is 418. The van der Waals surface area contributed by atoms with Gasteiger partial charge >= 0.3 is 0 Å². The third-order valence-corrected chi connectivity index (χ3v) is 5.18. The van der Waals surface area contributed by atoms with Crippen molar-refractivity contribution < 1.29 is 0 Å². The molecule has 1 rings (SSSR count). The predicted octanol–water partition coefficient (Wildman–Crippen LogP) is 3.74. The molecule has 1 heterocycles. The average molecular weight is 298 g/mol. The largest absolute Gasteiger partial charge is 0.309 e. The molecule has 0 bridgehead atoms. The third-order valence-electron chi connectivity index (χ3n) is 3.41. The Hall–Kier alpha value is -0.450. The lowest BCUT2D eigenvalue weighted by Gasteiger charge is -2.21. The summed E-state index contributed by atoms with van der Waals surface area (Å²) in [5.41, 5.74) is 1.32. The van der Waals surface area contributed by atoms with Gasteiger partial charge in [0.1, 0.15) is 0 Å². The van der Waals surface area contributed by atoms with Crippen LogP contribution in [0.4, 0.5) is 0 Å². The van der Waals surface area contributed by atoms with Crippen LogP contribution in [0.3, 0.4) is 0 Å². The number of nitrogens with zero attached hydrogens (tertiary/aromatic N) is 2. The third kappa shape index (κ3) is 5.15. The quantitative estimate of drug-likeness (QED) is 0.867. The minimum Gasteiger partial charge on any atom is -0.309 e. The highest BCUT2D eigenvalue weighted by Crippen LogP contribution is 2.32. The highest BCUT2D eigenvalue weighted by molar-refractivity contribution is 7.12. The van der Waals surface area contributed by atoms with E-state index in [0.29, 0.717) is 12.1 Å². The van der Waals surface area contributed by atoms with Crippen LogP contribution in [-0.2, 0) is 5.41 Å². The zero-order valence-electron chi connectivity index (χ0n) is 14.4. The molecule has 1 aromatic rings. The topological polar surface area (TPSA) is 28.2 Å². The van der Waals surface area contributed by atoms with Crippen LogP contribution in [0.2, 0.25) is 0 Å². The minimum absolute atomic E-state index is 0.143. The molecule has 1 aromatic heterocycles. The summed E-state index contributed by atoms with van der Waals surface area (Å²) in [5, 5.41) is 4.94. The van der Waals surface area contributed by atoms with Gasteiger partial charge in [-0.15, -0.1) is 11.3 Å². The van der Waals surface area contributed by atoms with Crippen LogP contribution < -0.4 is 5.32 Å². The molecule has 0 saturated carbocycles. The monoisotopic (exact) mass is 297 g/mol. The van der Waals surface area contributed by atoms with Crippen molar-refractivity contribution in [2.75, 3.05) is 20.6 Å². The van der Waals surface area contributed by atoms with Crippen molar-refractivity contribution in [1.82, 2.24) is 15.2 Å². The molecule has 3 nitrogen and oxygen atoms in total. The van der Waals surface area contributed by atoms with Crippen molar-refractivity contribution in [2.24, 2.45) is 0 Å². The summed E-state index contributed by atoms with van der Waals surface area (Å²) in [6.45, 7) is 14.5. The molecule has 0 aliphatic heterocycles. The molecule has 0 radical (unpaired) electrons. The average Bonchev–Trinajstić information content (AvgIpc) is 2.68. The second-order valence-electron chi connectivity index (χ2n) is 7.10. The lowest BCUT2D eigenvalue weighted by atomic mass is 9.98. The van der Waals surface area contributed by atoms with Crippen LogP contribution in [-0.4, -0.2) is 36.6 Å². The molecule has 0 spiro atoms. The van der Waals surface area contributed by atoms with Crippen LogP contribution in [0.15, 0.2) is 0 Å². The molecule has 0 amide bonds. The zero-order chi connectivity index (χ0) is 15.5. The summed E-state index contributed by atoms with van der Waals surface area (Å²) in [5.74, 6) is 0. The van der Waals surface area contributed by atoms with Gasteiger partial charge in [0, 0.05) is 22.4 Å². The molecule has 0 aliphatic rings. The Balaban J connectivity index is 2.68. The van der Waals surface area contributed by atoms with Gasteiger partial charge in [-0.1, -0.05) is 20.8 Å². The van der Waals surface area contributed by atoms with Crippen molar-refractivity contribution >= 4 is 11.3 Å². The first-order chi connectivity index (χ1) is 9.11. The van der Waals surface area contributed by atoms with Crippen LogP contribution in [0.25, 0.3) is 0 Å². The second-order valence-corrected chi connectivity index (χ2v) is 8.13. The van der Waals surface area contributed by atoms with Gasteiger partial charge < -0.3 is 10.2 Å². The molecule has 0 saturated heterocycles. The Morgan fingerprint density at radius 2 is 1.85 bits per heavy atom. The molecule has 0 aromatic carbocycles. The van der Waals surface area contributed by atoms with Crippen LogP contribution in [0.5, 0.6) is 0 Å². The van der Waals surface area contributed by atoms with E-state index in [4.69, 9.17) is 4.98 Å². The Morgan fingerprint density at radius 3 is 2.30 bits per heavy atom. The Morgan fingerprint density at radius 1 is 1.25 bits per heavy atom. The molecule has 20 heavy (non-hydrogen) atoms. The number of aromatic nitrogens is 1. The molecule has 4 heteroatoms. The number of thiazole rings is 1. The molecule has 116 valence electrons. The first-order valence-corrected chi connectivity index (χ1v) is 8.31. The fourth-order valence-electron chi connectivity index (χ4n) is 2.17. The van der Waals surface area contributed by atoms with Gasteiger partial charge in [0.25, 0.3) is 0 Å². The van der Waals surface area contributed by atoms with E-state index in [-0.39, 0.29) is 5.41 Å². The molecule has 0 aliphatic carbocycles. The summed E-state index contributed by atoms with van der Waals surface area (Å²) in [4.78, 5) is 8.37. The normalized spacial score (nSPS) is 15.7. The highest BCUT2D eigenvalue weighted by atomic mass is 32.1. The van der Waals surface area contributed by atoms with Crippen molar-refractivity contribution in [3.8, 4) is 0 Å². The zero-order valence-corrected chi connectivity index (χ0v) is 15.2. The number of nitrogens with one attached hydrogen (secondary N) is 1. The van der Waals surface area contributed by atoms with Gasteiger partial charge in [0.15, 0.2) is 0 Å². The molecule has 1 N–H and O–H groups in total. The van der Waals surface area contributed by atoms with E-state index in [1.165, 1.54) is 22.0 Å². The van der Waals surface area contributed by atoms with E-state index in [2.05, 4.69) is 65.9 Å². The molecule has 0 fully saturated rings.